The molecule has 0 unspecified atom stereocenters. The highest BCUT2D eigenvalue weighted by Gasteiger charge is 2.39. The zero-order chi connectivity index (χ0) is 24.3. The number of allylic oxidation sites excluding steroid dienone is 6. The smallest absolute Gasteiger partial charge is 0.197 e. The first-order valence-corrected chi connectivity index (χ1v) is 12.6. The Bertz CT molecular complexity index is 1160. The molecular formula is C31H35NO2. The largest absolute Gasteiger partial charge is 0.344 e. The fourth-order valence-corrected chi connectivity index (χ4v) is 5.16. The van der Waals surface area contributed by atoms with Crippen LogP contribution >= 0.6 is 0 Å². The molecule has 3 nitrogen and oxygen atoms in total. The first-order valence-electron chi connectivity index (χ1n) is 12.6. The van der Waals surface area contributed by atoms with Crippen molar-refractivity contribution < 1.29 is 9.59 Å². The number of nitrogens with zero attached hydrogens (tertiary/aromatic N) is 1. The number of ketones is 2. The van der Waals surface area contributed by atoms with E-state index in [4.69, 9.17) is 0 Å². The van der Waals surface area contributed by atoms with Crippen LogP contribution in [0.15, 0.2) is 83.6 Å². The molecule has 2 aromatic carbocycles. The molecule has 2 aromatic rings. The average Bonchev–Trinajstić information content (AvgIpc) is 3.22. The molecule has 0 bridgehead atoms. The maximum absolute atomic E-state index is 13.1. The van der Waals surface area contributed by atoms with E-state index in [1.165, 1.54) is 16.9 Å². The third-order valence-corrected chi connectivity index (χ3v) is 7.08. The third-order valence-electron chi connectivity index (χ3n) is 7.08. The van der Waals surface area contributed by atoms with E-state index in [1.54, 1.807) is 12.1 Å². The number of para-hydroxylation sites is 1. The number of unbranched alkanes of at least 4 members (excludes halogenated alkanes) is 2. The monoisotopic (exact) mass is 453 g/mol. The van der Waals surface area contributed by atoms with E-state index in [9.17, 15) is 9.59 Å². The van der Waals surface area contributed by atoms with Crippen LogP contribution in [-0.2, 0) is 5.41 Å². The van der Waals surface area contributed by atoms with Crippen LogP contribution in [0.2, 0.25) is 0 Å². The molecule has 2 aliphatic rings. The first-order chi connectivity index (χ1) is 16.4. The van der Waals surface area contributed by atoms with Crippen LogP contribution in [0.1, 0.15) is 86.1 Å². The Kier molecular flexibility index (Phi) is 7.02. The lowest BCUT2D eigenvalue weighted by atomic mass is 9.83. The van der Waals surface area contributed by atoms with Crippen molar-refractivity contribution in [1.82, 2.24) is 0 Å². The fraction of sp³-hybridized carbons (Fsp3) is 0.355. The highest BCUT2D eigenvalue weighted by molar-refractivity contribution is 6.40. The van der Waals surface area contributed by atoms with Gasteiger partial charge in [-0.1, -0.05) is 95.2 Å². The van der Waals surface area contributed by atoms with E-state index in [-0.39, 0.29) is 17.0 Å². The Morgan fingerprint density at radius 1 is 0.882 bits per heavy atom. The van der Waals surface area contributed by atoms with E-state index in [0.717, 1.165) is 44.2 Å². The van der Waals surface area contributed by atoms with Crippen molar-refractivity contribution in [1.29, 1.82) is 0 Å². The molecule has 1 heterocycles. The van der Waals surface area contributed by atoms with Crippen molar-refractivity contribution >= 4 is 17.3 Å². The molecule has 0 spiro atoms. The number of carbonyl (C=O) groups excluding carboxylic acids is 2. The van der Waals surface area contributed by atoms with Gasteiger partial charge in [-0.2, -0.15) is 0 Å². The topological polar surface area (TPSA) is 37.4 Å². The van der Waals surface area contributed by atoms with E-state index >= 15 is 0 Å². The van der Waals surface area contributed by atoms with Gasteiger partial charge in [-0.05, 0) is 42.5 Å². The molecule has 4 rings (SSSR count). The summed E-state index contributed by atoms with van der Waals surface area (Å²) < 4.78 is 0. The summed E-state index contributed by atoms with van der Waals surface area (Å²) in [5.41, 5.74) is 6.02. The van der Waals surface area contributed by atoms with Crippen molar-refractivity contribution in [3.63, 3.8) is 0 Å². The molecule has 34 heavy (non-hydrogen) atoms. The van der Waals surface area contributed by atoms with Crippen molar-refractivity contribution in [3.8, 4) is 0 Å². The highest BCUT2D eigenvalue weighted by atomic mass is 16.2. The van der Waals surface area contributed by atoms with Gasteiger partial charge < -0.3 is 4.90 Å². The maximum atomic E-state index is 13.1. The molecule has 3 heteroatoms. The van der Waals surface area contributed by atoms with Crippen molar-refractivity contribution in [2.45, 2.75) is 65.2 Å². The molecule has 0 atom stereocenters. The van der Waals surface area contributed by atoms with Gasteiger partial charge in [0, 0.05) is 34.5 Å². The molecule has 176 valence electrons. The summed E-state index contributed by atoms with van der Waals surface area (Å²) in [5, 5.41) is 0. The van der Waals surface area contributed by atoms with Crippen LogP contribution in [-0.4, -0.2) is 18.1 Å². The minimum absolute atomic E-state index is 0.110. The molecule has 0 saturated heterocycles. The second-order valence-electron chi connectivity index (χ2n) is 9.77. The minimum atomic E-state index is -0.137. The molecule has 0 radical (unpaired) electrons. The Balaban J connectivity index is 1.73. The van der Waals surface area contributed by atoms with Gasteiger partial charge in [0.25, 0.3) is 0 Å². The predicted molar refractivity (Wildman–Crippen MR) is 141 cm³/mol. The fourth-order valence-electron chi connectivity index (χ4n) is 5.16. The molecular weight excluding hydrogens is 418 g/mol. The van der Waals surface area contributed by atoms with Crippen LogP contribution in [0.3, 0.4) is 0 Å². The second kappa shape index (κ2) is 9.97. The second-order valence-corrected chi connectivity index (χ2v) is 9.77. The molecule has 1 aliphatic heterocycles. The van der Waals surface area contributed by atoms with Crippen LogP contribution in [0.25, 0.3) is 0 Å². The lowest BCUT2D eigenvalue weighted by Gasteiger charge is -2.27. The lowest BCUT2D eigenvalue weighted by Crippen LogP contribution is -2.26. The maximum Gasteiger partial charge on any atom is 0.197 e. The number of hydrogen-bond acceptors (Lipinski definition) is 3. The molecule has 0 amide bonds. The molecule has 0 fully saturated rings. The number of anilines is 1. The SMILES string of the molecule is CCCCC(/C=C/C=C1/N(CCCC)c2ccccc2C1(C)C)=C1C(=O)c2ccccc2C1=O. The van der Waals surface area contributed by atoms with E-state index in [0.29, 0.717) is 16.7 Å². The predicted octanol–water partition coefficient (Wildman–Crippen LogP) is 7.59. The van der Waals surface area contributed by atoms with Crippen LogP contribution in [0.4, 0.5) is 5.69 Å². The van der Waals surface area contributed by atoms with E-state index < -0.39 is 0 Å². The van der Waals surface area contributed by atoms with Crippen LogP contribution in [0.5, 0.6) is 0 Å². The van der Waals surface area contributed by atoms with Crippen molar-refractivity contribution in [2.24, 2.45) is 0 Å². The summed E-state index contributed by atoms with van der Waals surface area (Å²) in [6, 6.07) is 15.8. The zero-order valence-corrected chi connectivity index (χ0v) is 20.9. The van der Waals surface area contributed by atoms with Gasteiger partial charge >= 0.3 is 0 Å². The van der Waals surface area contributed by atoms with Crippen LogP contribution < -0.4 is 4.90 Å². The molecule has 0 saturated carbocycles. The summed E-state index contributed by atoms with van der Waals surface area (Å²) in [5.74, 6) is -0.274. The number of Topliss-reactive ketones (excluding diaryl/α,β-unsaturated/α-hetero) is 2. The highest BCUT2D eigenvalue weighted by Crippen LogP contribution is 2.47. The minimum Gasteiger partial charge on any atom is -0.344 e. The van der Waals surface area contributed by atoms with Gasteiger partial charge in [-0.15, -0.1) is 0 Å². The number of rotatable bonds is 8. The summed E-state index contributed by atoms with van der Waals surface area (Å²) in [6.07, 6.45) is 11.2. The lowest BCUT2D eigenvalue weighted by molar-refractivity contribution is 0.0987. The number of benzene rings is 2. The first kappa shape index (κ1) is 23.9. The Morgan fingerprint density at radius 3 is 2.15 bits per heavy atom. The Hall–Kier alpha value is -3.20. The summed E-state index contributed by atoms with van der Waals surface area (Å²) in [4.78, 5) is 28.7. The van der Waals surface area contributed by atoms with Gasteiger partial charge in [-0.3, -0.25) is 9.59 Å². The quantitative estimate of drug-likeness (QED) is 0.305. The molecule has 0 N–H and O–H groups in total. The average molecular weight is 454 g/mol. The standard InChI is InChI=1S/C31H35NO2/c1-5-7-14-22(28-29(33)23-16-9-10-17-24(23)30(28)34)15-13-20-27-31(3,4)25-18-11-12-19-26(25)32(27)21-8-6-2/h9-13,15-20H,5-8,14,21H2,1-4H3/b15-13+,27-20+. The van der Waals surface area contributed by atoms with Gasteiger partial charge in [0.15, 0.2) is 11.6 Å². The molecule has 1 aliphatic carbocycles. The van der Waals surface area contributed by atoms with Gasteiger partial charge in [0.05, 0.1) is 5.57 Å². The third kappa shape index (κ3) is 4.20. The summed E-state index contributed by atoms with van der Waals surface area (Å²) in [7, 11) is 0. The van der Waals surface area contributed by atoms with Crippen molar-refractivity contribution in [2.75, 3.05) is 11.4 Å². The van der Waals surface area contributed by atoms with Gasteiger partial charge in [0.2, 0.25) is 0 Å². The van der Waals surface area contributed by atoms with Gasteiger partial charge in [-0.25, -0.2) is 0 Å². The van der Waals surface area contributed by atoms with Crippen molar-refractivity contribution in [3.05, 3.63) is 100 Å². The molecule has 0 aromatic heterocycles. The Labute approximate surface area is 203 Å². The number of fused-ring (bicyclic) bond motifs is 2. The van der Waals surface area contributed by atoms with Crippen LogP contribution in [0, 0.1) is 0 Å². The normalized spacial score (nSPS) is 17.7. The summed E-state index contributed by atoms with van der Waals surface area (Å²) >= 11 is 0. The Morgan fingerprint density at radius 2 is 1.50 bits per heavy atom. The van der Waals surface area contributed by atoms with E-state index in [2.05, 4.69) is 62.9 Å². The van der Waals surface area contributed by atoms with Gasteiger partial charge in [0.1, 0.15) is 0 Å². The number of carbonyl (C=O) groups is 2. The zero-order valence-electron chi connectivity index (χ0n) is 20.9. The van der Waals surface area contributed by atoms with E-state index in [1.807, 2.05) is 24.3 Å². The number of hydrogen-bond donors (Lipinski definition) is 0. The summed E-state index contributed by atoms with van der Waals surface area (Å²) in [6.45, 7) is 9.87.